The maximum absolute atomic E-state index is 12.3. The number of methoxy groups -OCH3 is 1. The van der Waals surface area contributed by atoms with Crippen LogP contribution in [0.4, 0.5) is 0 Å². The fraction of sp³-hybridized carbons (Fsp3) is 0.100. The quantitative estimate of drug-likeness (QED) is 0.237. The van der Waals surface area contributed by atoms with Crippen LogP contribution < -0.4 is 9.47 Å². The molecule has 0 amide bonds. The smallest absolute Gasteiger partial charge is 0.343 e. The molecule has 0 bridgehead atoms. The lowest BCUT2D eigenvalue weighted by molar-refractivity contribution is -0.132. The zero-order valence-corrected chi connectivity index (χ0v) is 18.2. The van der Waals surface area contributed by atoms with Gasteiger partial charge in [0.15, 0.2) is 5.75 Å². The molecule has 0 aromatic heterocycles. The van der Waals surface area contributed by atoms with E-state index in [1.165, 1.54) is 6.92 Å². The number of benzene rings is 2. The van der Waals surface area contributed by atoms with Gasteiger partial charge in [0, 0.05) is 22.5 Å². The second-order valence-corrected chi connectivity index (χ2v) is 7.70. The summed E-state index contributed by atoms with van der Waals surface area (Å²) in [4.78, 5) is 23.7. The Morgan fingerprint density at radius 3 is 2.56 bits per heavy atom. The summed E-state index contributed by atoms with van der Waals surface area (Å²) in [5, 5.41) is 0. The Balaban J connectivity index is 2.00. The average Bonchev–Trinajstić information content (AvgIpc) is 2.98. The van der Waals surface area contributed by atoms with Crippen LogP contribution in [0.5, 0.6) is 11.5 Å². The van der Waals surface area contributed by atoms with E-state index in [0.29, 0.717) is 28.4 Å². The van der Waals surface area contributed by atoms with E-state index in [0.717, 1.165) is 13.6 Å². The summed E-state index contributed by atoms with van der Waals surface area (Å²) >= 11 is 5.50. The van der Waals surface area contributed by atoms with Crippen LogP contribution in [-0.4, -0.2) is 19.0 Å². The third-order valence-electron chi connectivity index (χ3n) is 3.69. The highest BCUT2D eigenvalue weighted by Crippen LogP contribution is 2.34. The third-order valence-corrected chi connectivity index (χ3v) is 4.95. The minimum atomic E-state index is -0.468. The Kier molecular flexibility index (Phi) is 6.01. The zero-order chi connectivity index (χ0) is 19.6. The minimum absolute atomic E-state index is 0.364. The molecule has 0 fully saturated rings. The molecule has 7 heteroatoms. The summed E-state index contributed by atoms with van der Waals surface area (Å²) in [6.45, 7) is 1.33. The number of carbonyl (C=O) groups excluding carboxylic acids is 2. The zero-order valence-electron chi connectivity index (χ0n) is 14.4. The van der Waals surface area contributed by atoms with Crippen LogP contribution in [0.25, 0.3) is 11.8 Å². The molecule has 2 aromatic rings. The molecular formula is C20H14BrIO5. The van der Waals surface area contributed by atoms with Crippen LogP contribution in [0.15, 0.2) is 52.5 Å². The van der Waals surface area contributed by atoms with Crippen molar-refractivity contribution in [3.05, 3.63) is 67.2 Å². The first kappa shape index (κ1) is 19.6. The predicted molar refractivity (Wildman–Crippen MR) is 113 cm³/mol. The van der Waals surface area contributed by atoms with Gasteiger partial charge in [-0.2, -0.15) is 0 Å². The van der Waals surface area contributed by atoms with Gasteiger partial charge in [-0.15, -0.1) is 0 Å². The van der Waals surface area contributed by atoms with Crippen molar-refractivity contribution in [2.24, 2.45) is 0 Å². The topological polar surface area (TPSA) is 61.8 Å². The van der Waals surface area contributed by atoms with Gasteiger partial charge in [0.1, 0.15) is 11.5 Å². The molecule has 0 atom stereocenters. The van der Waals surface area contributed by atoms with E-state index in [1.54, 1.807) is 37.5 Å². The maximum atomic E-state index is 12.3. The normalized spacial score (nSPS) is 14.7. The van der Waals surface area contributed by atoms with Gasteiger partial charge < -0.3 is 14.2 Å². The van der Waals surface area contributed by atoms with Crippen LogP contribution in [0, 0.1) is 3.57 Å². The second kappa shape index (κ2) is 8.26. The molecule has 1 heterocycles. The van der Waals surface area contributed by atoms with Gasteiger partial charge in [-0.25, -0.2) is 4.79 Å². The van der Waals surface area contributed by atoms with Crippen LogP contribution in [0.3, 0.4) is 0 Å². The van der Waals surface area contributed by atoms with Gasteiger partial charge in [-0.05, 0) is 71.1 Å². The Hall–Kier alpha value is -2.13. The van der Waals surface area contributed by atoms with E-state index in [9.17, 15) is 9.59 Å². The minimum Gasteiger partial charge on any atom is -0.497 e. The number of hydrogen-bond acceptors (Lipinski definition) is 5. The molecule has 3 rings (SSSR count). The van der Waals surface area contributed by atoms with Crippen molar-refractivity contribution in [3.63, 3.8) is 0 Å². The lowest BCUT2D eigenvalue weighted by Crippen LogP contribution is -2.05. The number of hydrogen-bond donors (Lipinski definition) is 0. The van der Waals surface area contributed by atoms with Gasteiger partial charge in [0.2, 0.25) is 0 Å². The van der Waals surface area contributed by atoms with Gasteiger partial charge in [-0.1, -0.05) is 15.9 Å². The van der Waals surface area contributed by atoms with Crippen molar-refractivity contribution in [1.82, 2.24) is 0 Å². The molecule has 0 saturated heterocycles. The number of halogens is 2. The molecule has 0 spiro atoms. The third kappa shape index (κ3) is 4.59. The predicted octanol–water partition coefficient (Wildman–Crippen LogP) is 4.97. The van der Waals surface area contributed by atoms with E-state index in [2.05, 4.69) is 38.5 Å². The summed E-state index contributed by atoms with van der Waals surface area (Å²) in [6, 6.07) is 10.8. The summed E-state index contributed by atoms with van der Waals surface area (Å²) in [5.41, 5.74) is 1.72. The van der Waals surface area contributed by atoms with Crippen molar-refractivity contribution < 1.29 is 23.8 Å². The SMILES string of the molecule is COc1ccc(C2=C/C(=C/c3cc(Br)cc(I)c3OC(C)=O)C(=O)O2)cc1. The summed E-state index contributed by atoms with van der Waals surface area (Å²) in [6.07, 6.45) is 3.31. The highest BCUT2D eigenvalue weighted by Gasteiger charge is 2.23. The van der Waals surface area contributed by atoms with E-state index in [4.69, 9.17) is 14.2 Å². The molecule has 27 heavy (non-hydrogen) atoms. The van der Waals surface area contributed by atoms with E-state index < -0.39 is 11.9 Å². The molecule has 0 saturated carbocycles. The molecule has 5 nitrogen and oxygen atoms in total. The molecule has 0 N–H and O–H groups in total. The molecule has 0 radical (unpaired) electrons. The molecule has 1 aliphatic heterocycles. The molecule has 1 aliphatic rings. The highest BCUT2D eigenvalue weighted by molar-refractivity contribution is 14.1. The summed E-state index contributed by atoms with van der Waals surface area (Å²) < 4.78 is 17.4. The lowest BCUT2D eigenvalue weighted by Gasteiger charge is -2.09. The second-order valence-electron chi connectivity index (χ2n) is 5.63. The summed E-state index contributed by atoms with van der Waals surface area (Å²) in [7, 11) is 1.59. The largest absolute Gasteiger partial charge is 0.497 e. The highest BCUT2D eigenvalue weighted by atomic mass is 127. The fourth-order valence-electron chi connectivity index (χ4n) is 2.49. The first-order chi connectivity index (χ1) is 12.9. The van der Waals surface area contributed by atoms with Crippen LogP contribution in [0.2, 0.25) is 0 Å². The van der Waals surface area contributed by atoms with Gasteiger partial charge in [0.05, 0.1) is 16.3 Å². The number of cyclic esters (lactones) is 1. The van der Waals surface area contributed by atoms with Gasteiger partial charge >= 0.3 is 11.9 Å². The molecular weight excluding hydrogens is 527 g/mol. The van der Waals surface area contributed by atoms with Gasteiger partial charge in [0.25, 0.3) is 0 Å². The lowest BCUT2D eigenvalue weighted by atomic mass is 10.1. The number of carbonyl (C=O) groups is 2. The summed E-state index contributed by atoms with van der Waals surface area (Å²) in [5.74, 6) is 0.669. The first-order valence-electron chi connectivity index (χ1n) is 7.85. The number of esters is 2. The van der Waals surface area contributed by atoms with Gasteiger partial charge in [-0.3, -0.25) is 4.79 Å². The molecule has 0 unspecified atom stereocenters. The van der Waals surface area contributed by atoms with Crippen LogP contribution >= 0.6 is 38.5 Å². The fourth-order valence-corrected chi connectivity index (χ4v) is 4.15. The Bertz CT molecular complexity index is 977. The van der Waals surface area contributed by atoms with Crippen molar-refractivity contribution in [1.29, 1.82) is 0 Å². The van der Waals surface area contributed by atoms with Crippen molar-refractivity contribution in [3.8, 4) is 11.5 Å². The molecule has 138 valence electrons. The monoisotopic (exact) mass is 540 g/mol. The first-order valence-corrected chi connectivity index (χ1v) is 9.72. The standard InChI is InChI=1S/C20H14BrIO5/c1-11(23)26-19-13(8-15(21)10-17(19)22)7-14-9-18(27-20(14)24)12-3-5-16(25-2)6-4-12/h3-10H,1-2H3/b14-7-. The molecule has 0 aliphatic carbocycles. The molecule has 2 aromatic carbocycles. The number of rotatable bonds is 4. The Morgan fingerprint density at radius 2 is 1.93 bits per heavy atom. The van der Waals surface area contributed by atoms with Crippen molar-refractivity contribution in [2.75, 3.05) is 7.11 Å². The van der Waals surface area contributed by atoms with Crippen LogP contribution in [0.1, 0.15) is 18.1 Å². The number of ether oxygens (including phenoxy) is 3. The van der Waals surface area contributed by atoms with E-state index in [1.807, 2.05) is 18.2 Å². The van der Waals surface area contributed by atoms with E-state index >= 15 is 0 Å². The van der Waals surface area contributed by atoms with Crippen molar-refractivity contribution >= 4 is 62.3 Å². The van der Waals surface area contributed by atoms with Crippen molar-refractivity contribution in [2.45, 2.75) is 6.92 Å². The maximum Gasteiger partial charge on any atom is 0.343 e. The van der Waals surface area contributed by atoms with E-state index in [-0.39, 0.29) is 0 Å². The Morgan fingerprint density at radius 1 is 1.22 bits per heavy atom. The van der Waals surface area contributed by atoms with Crippen LogP contribution in [-0.2, 0) is 14.3 Å². The average molecular weight is 541 g/mol. The Labute approximate surface area is 178 Å².